The van der Waals surface area contributed by atoms with Gasteiger partial charge >= 0.3 is 213 Å². The van der Waals surface area contributed by atoms with Crippen molar-refractivity contribution in [1.82, 2.24) is 4.98 Å². The Kier molecular flexibility index (Phi) is 5.87. The van der Waals surface area contributed by atoms with Gasteiger partial charge in [-0.2, -0.15) is 0 Å². The predicted molar refractivity (Wildman–Crippen MR) is 155 cm³/mol. The third kappa shape index (κ3) is 4.31. The molecule has 3 aromatic carbocycles. The van der Waals surface area contributed by atoms with Gasteiger partial charge in [-0.05, 0) is 0 Å². The maximum absolute atomic E-state index is 6.69. The first-order chi connectivity index (χ1) is 16.4. The van der Waals surface area contributed by atoms with Gasteiger partial charge in [-0.25, -0.2) is 0 Å². The SMILES string of the molecule is CC(C)Cc1ccc2c(oc3ccnc(-c4cc(C(C)(C)C)c5ccccc5c4)c32)[c]1[Ge]([CH3])([CH3])[CH3]. The van der Waals surface area contributed by atoms with Crippen LogP contribution in [0.3, 0.4) is 0 Å². The van der Waals surface area contributed by atoms with Gasteiger partial charge in [-0.3, -0.25) is 0 Å². The Bertz CT molecular complexity index is 1560. The van der Waals surface area contributed by atoms with Crippen LogP contribution in [0.25, 0.3) is 44.0 Å². The predicted octanol–water partition coefficient (Wildman–Crippen LogP) is 8.84. The van der Waals surface area contributed by atoms with Gasteiger partial charge < -0.3 is 0 Å². The van der Waals surface area contributed by atoms with Crippen LogP contribution in [-0.2, 0) is 11.8 Å². The van der Waals surface area contributed by atoms with E-state index in [-0.39, 0.29) is 5.41 Å². The normalized spacial score (nSPS) is 12.9. The number of nitrogens with zero attached hydrogens (tertiary/aromatic N) is 1. The molecule has 0 aliphatic carbocycles. The fourth-order valence-corrected chi connectivity index (χ4v) is 9.77. The minimum atomic E-state index is -2.22. The Labute approximate surface area is 212 Å². The molecule has 2 aromatic heterocycles. The summed E-state index contributed by atoms with van der Waals surface area (Å²) < 4.78 is 8.19. The van der Waals surface area contributed by atoms with Gasteiger partial charge in [0.15, 0.2) is 0 Å². The quantitative estimate of drug-likeness (QED) is 0.220. The van der Waals surface area contributed by atoms with Gasteiger partial charge in [0, 0.05) is 0 Å². The molecular weight excluding hydrogens is 487 g/mol. The molecule has 0 bridgehead atoms. The van der Waals surface area contributed by atoms with Crippen molar-refractivity contribution in [1.29, 1.82) is 0 Å². The number of hydrogen-bond donors (Lipinski definition) is 0. The zero-order chi connectivity index (χ0) is 25.1. The van der Waals surface area contributed by atoms with Crippen LogP contribution in [0.15, 0.2) is 65.2 Å². The molecule has 0 unspecified atom stereocenters. The second-order valence-corrected chi connectivity index (χ2v) is 22.9. The summed E-state index contributed by atoms with van der Waals surface area (Å²) in [5.74, 6) is 8.04. The van der Waals surface area contributed by atoms with Crippen molar-refractivity contribution in [3.8, 4) is 11.3 Å². The van der Waals surface area contributed by atoms with Crippen molar-refractivity contribution in [2.75, 3.05) is 0 Å². The number of benzene rings is 3. The van der Waals surface area contributed by atoms with Crippen molar-refractivity contribution in [2.24, 2.45) is 5.92 Å². The first-order valence-electron chi connectivity index (χ1n) is 12.8. The van der Waals surface area contributed by atoms with E-state index in [1.165, 1.54) is 31.7 Å². The van der Waals surface area contributed by atoms with Crippen LogP contribution >= 0.6 is 0 Å². The van der Waals surface area contributed by atoms with Gasteiger partial charge in [-0.1, -0.05) is 0 Å². The van der Waals surface area contributed by atoms with E-state index in [1.807, 2.05) is 12.3 Å². The van der Waals surface area contributed by atoms with Crippen LogP contribution in [0.4, 0.5) is 0 Å². The molecule has 0 atom stereocenters. The summed E-state index contributed by atoms with van der Waals surface area (Å²) in [7, 11) is 0. The van der Waals surface area contributed by atoms with E-state index in [0.29, 0.717) is 5.92 Å². The summed E-state index contributed by atoms with van der Waals surface area (Å²) in [6.07, 6.45) is 2.99. The van der Waals surface area contributed by atoms with E-state index < -0.39 is 13.3 Å². The van der Waals surface area contributed by atoms with Gasteiger partial charge in [0.2, 0.25) is 0 Å². The molecule has 0 spiro atoms. The third-order valence-electron chi connectivity index (χ3n) is 6.96. The summed E-state index contributed by atoms with van der Waals surface area (Å²) in [5, 5.41) is 4.92. The minimum absolute atomic E-state index is 0.0285. The molecule has 0 aliphatic rings. The van der Waals surface area contributed by atoms with Crippen molar-refractivity contribution in [2.45, 2.75) is 63.7 Å². The number of fused-ring (bicyclic) bond motifs is 4. The zero-order valence-electron chi connectivity index (χ0n) is 22.4. The summed E-state index contributed by atoms with van der Waals surface area (Å²) >= 11 is -2.22. The zero-order valence-corrected chi connectivity index (χ0v) is 24.5. The molecule has 0 amide bonds. The molecule has 5 rings (SSSR count). The van der Waals surface area contributed by atoms with Crippen LogP contribution in [0.1, 0.15) is 45.7 Å². The second kappa shape index (κ2) is 8.52. The van der Waals surface area contributed by atoms with Crippen LogP contribution in [0.5, 0.6) is 0 Å². The van der Waals surface area contributed by atoms with Gasteiger partial charge in [0.1, 0.15) is 0 Å². The topological polar surface area (TPSA) is 26.0 Å². The average Bonchev–Trinajstić information content (AvgIpc) is 3.14. The number of pyridine rings is 1. The van der Waals surface area contributed by atoms with E-state index in [1.54, 1.807) is 0 Å². The summed E-state index contributed by atoms with van der Waals surface area (Å²) in [6.45, 7) is 11.5. The maximum atomic E-state index is 6.69. The third-order valence-corrected chi connectivity index (χ3v) is 11.3. The molecule has 180 valence electrons. The molecule has 0 saturated heterocycles. The van der Waals surface area contributed by atoms with Crippen LogP contribution < -0.4 is 4.40 Å². The summed E-state index contributed by atoms with van der Waals surface area (Å²) in [4.78, 5) is 4.95. The van der Waals surface area contributed by atoms with Gasteiger partial charge in [0.05, 0.1) is 0 Å². The number of rotatable bonds is 4. The number of hydrogen-bond acceptors (Lipinski definition) is 2. The summed E-state index contributed by atoms with van der Waals surface area (Å²) in [5.41, 5.74) is 7.05. The Morgan fingerprint density at radius 1 is 0.914 bits per heavy atom. The monoisotopic (exact) mass is 525 g/mol. The van der Waals surface area contributed by atoms with Crippen molar-refractivity contribution in [3.63, 3.8) is 0 Å². The molecule has 2 nitrogen and oxygen atoms in total. The molecular formula is C32H37GeNO. The Hall–Kier alpha value is -2.59. The van der Waals surface area contributed by atoms with E-state index >= 15 is 0 Å². The fourth-order valence-electron chi connectivity index (χ4n) is 5.54. The molecule has 2 heterocycles. The molecule has 3 heteroatoms. The Morgan fingerprint density at radius 2 is 1.66 bits per heavy atom. The van der Waals surface area contributed by atoms with Crippen molar-refractivity contribution < 1.29 is 4.42 Å². The van der Waals surface area contributed by atoms with Crippen LogP contribution in [-0.4, -0.2) is 18.3 Å². The molecule has 35 heavy (non-hydrogen) atoms. The van der Waals surface area contributed by atoms with Crippen molar-refractivity contribution in [3.05, 3.63) is 71.9 Å². The standard InChI is InChI=1S/C32H37GeNO/c1-20(2)17-22-13-14-25-28-27(35-31(25)29(22)33(6,7)8)15-16-34-30(28)23-18-21-11-9-10-12-24(21)26(19-23)32(3,4)5/h9-16,18-20H,17H2,1-8H3. The van der Waals surface area contributed by atoms with E-state index in [0.717, 1.165) is 34.2 Å². The first kappa shape index (κ1) is 24.1. The Balaban J connectivity index is 1.85. The number of furan rings is 1. The van der Waals surface area contributed by atoms with E-state index in [2.05, 4.69) is 100 Å². The van der Waals surface area contributed by atoms with Crippen LogP contribution in [0.2, 0.25) is 17.3 Å². The molecule has 0 radical (unpaired) electrons. The van der Waals surface area contributed by atoms with Crippen LogP contribution in [0, 0.1) is 5.92 Å². The molecule has 0 fully saturated rings. The molecule has 0 saturated carbocycles. The fraction of sp³-hybridized carbons (Fsp3) is 0.344. The average molecular weight is 524 g/mol. The molecule has 0 N–H and O–H groups in total. The molecule has 0 aliphatic heterocycles. The first-order valence-corrected chi connectivity index (χ1v) is 20.2. The van der Waals surface area contributed by atoms with E-state index in [9.17, 15) is 0 Å². The van der Waals surface area contributed by atoms with Gasteiger partial charge in [-0.15, -0.1) is 0 Å². The molecule has 5 aromatic rings. The van der Waals surface area contributed by atoms with Crippen molar-refractivity contribution >= 4 is 50.4 Å². The summed E-state index contributed by atoms with van der Waals surface area (Å²) in [6, 6.07) is 20.0. The van der Waals surface area contributed by atoms with Gasteiger partial charge in [0.25, 0.3) is 0 Å². The Morgan fingerprint density at radius 3 is 2.34 bits per heavy atom. The number of aromatic nitrogens is 1. The second-order valence-electron chi connectivity index (χ2n) is 12.5. The van der Waals surface area contributed by atoms with E-state index in [4.69, 9.17) is 9.40 Å².